The van der Waals surface area contributed by atoms with Gasteiger partial charge in [-0.3, -0.25) is 0 Å². The Morgan fingerprint density at radius 2 is 0.839 bits per heavy atom. The SMILES string of the molecule is c1ccc(-c2ccc(N(c3ccc4c5ccccc5n(-c5cc(-c6cccc7ccccc67)ccc5-c5ccccc5)c4c3)c3cc4ccccc4c4ccccc34)cc2)cc1. The Morgan fingerprint density at radius 3 is 1.63 bits per heavy atom. The lowest BCUT2D eigenvalue weighted by Gasteiger charge is -2.28. The first-order valence-corrected chi connectivity index (χ1v) is 21.3. The molecule has 11 aromatic carbocycles. The molecule has 0 fully saturated rings. The number of nitrogens with zero attached hydrogens (tertiary/aromatic N) is 2. The Morgan fingerprint density at radius 1 is 0.274 bits per heavy atom. The van der Waals surface area contributed by atoms with Crippen LogP contribution in [0.1, 0.15) is 0 Å². The largest absolute Gasteiger partial charge is 0.310 e. The van der Waals surface area contributed by atoms with Gasteiger partial charge in [0.2, 0.25) is 0 Å². The highest BCUT2D eigenvalue weighted by Gasteiger charge is 2.22. The van der Waals surface area contributed by atoms with Crippen molar-refractivity contribution in [3.63, 3.8) is 0 Å². The fraction of sp³-hybridized carbons (Fsp3) is 0. The van der Waals surface area contributed by atoms with Gasteiger partial charge in [0.1, 0.15) is 0 Å². The van der Waals surface area contributed by atoms with Gasteiger partial charge in [0, 0.05) is 33.1 Å². The van der Waals surface area contributed by atoms with E-state index in [2.05, 4.69) is 252 Å². The molecule has 0 amide bonds. The Bertz CT molecular complexity index is 3620. The lowest BCUT2D eigenvalue weighted by atomic mass is 9.94. The number of anilines is 3. The minimum Gasteiger partial charge on any atom is -0.310 e. The van der Waals surface area contributed by atoms with Crippen molar-refractivity contribution in [1.82, 2.24) is 4.57 Å². The molecule has 290 valence electrons. The van der Waals surface area contributed by atoms with Crippen molar-refractivity contribution in [3.8, 4) is 39.1 Å². The van der Waals surface area contributed by atoms with Gasteiger partial charge in [-0.15, -0.1) is 0 Å². The molecule has 1 aromatic heterocycles. The predicted molar refractivity (Wildman–Crippen MR) is 264 cm³/mol. The van der Waals surface area contributed by atoms with E-state index in [0.29, 0.717) is 0 Å². The van der Waals surface area contributed by atoms with Crippen molar-refractivity contribution in [3.05, 3.63) is 243 Å². The van der Waals surface area contributed by atoms with Gasteiger partial charge >= 0.3 is 0 Å². The average Bonchev–Trinajstić information content (AvgIpc) is 3.68. The zero-order valence-corrected chi connectivity index (χ0v) is 34.0. The van der Waals surface area contributed by atoms with Crippen LogP contribution in [-0.4, -0.2) is 4.57 Å². The number of aromatic nitrogens is 1. The minimum absolute atomic E-state index is 1.08. The molecule has 0 N–H and O–H groups in total. The first-order chi connectivity index (χ1) is 30.8. The smallest absolute Gasteiger partial charge is 0.0562 e. The first kappa shape index (κ1) is 35.7. The topological polar surface area (TPSA) is 8.17 Å². The Hall–Kier alpha value is -8.20. The summed E-state index contributed by atoms with van der Waals surface area (Å²) in [6.45, 7) is 0. The van der Waals surface area contributed by atoms with Gasteiger partial charge in [-0.1, -0.05) is 200 Å². The van der Waals surface area contributed by atoms with Crippen molar-refractivity contribution in [2.75, 3.05) is 4.90 Å². The van der Waals surface area contributed by atoms with Crippen LogP contribution in [0, 0.1) is 0 Å². The molecule has 2 nitrogen and oxygen atoms in total. The standard InChI is InChI=1S/C60H40N2/c1-3-16-41(17-4-1)42-30-33-47(34-31-42)61(59-38-45-21-8-10-24-51(45)53-25-11-12-26-54(53)59)48-35-37-56-55-27-13-14-29-57(55)62(60(56)40-48)58-39-46(32-36-52(58)44-18-5-2-6-19-44)50-28-15-22-43-20-7-9-23-49(43)50/h1-40H. The van der Waals surface area contributed by atoms with Crippen LogP contribution in [0.5, 0.6) is 0 Å². The fourth-order valence-corrected chi connectivity index (χ4v) is 9.66. The van der Waals surface area contributed by atoms with Crippen molar-refractivity contribution in [1.29, 1.82) is 0 Å². The molecule has 2 heteroatoms. The molecule has 0 aliphatic carbocycles. The normalized spacial score (nSPS) is 11.5. The Labute approximate surface area is 360 Å². The molecular weight excluding hydrogens is 749 g/mol. The van der Waals surface area contributed by atoms with Gasteiger partial charge in [-0.05, 0) is 97.2 Å². The second-order valence-corrected chi connectivity index (χ2v) is 16.1. The predicted octanol–water partition coefficient (Wildman–Crippen LogP) is 16.7. The fourth-order valence-electron chi connectivity index (χ4n) is 9.66. The Balaban J connectivity index is 1.14. The summed E-state index contributed by atoms with van der Waals surface area (Å²) in [5.74, 6) is 0. The molecular formula is C60H40N2. The number of hydrogen-bond donors (Lipinski definition) is 0. The van der Waals surface area contributed by atoms with Gasteiger partial charge in [0.05, 0.1) is 22.4 Å². The van der Waals surface area contributed by atoms with Gasteiger partial charge in [0.15, 0.2) is 0 Å². The quantitative estimate of drug-likeness (QED) is 0.146. The summed E-state index contributed by atoms with van der Waals surface area (Å²) in [7, 11) is 0. The number of rotatable bonds is 7. The molecule has 0 atom stereocenters. The van der Waals surface area contributed by atoms with Gasteiger partial charge in [-0.25, -0.2) is 0 Å². The first-order valence-electron chi connectivity index (χ1n) is 21.3. The molecule has 0 spiro atoms. The number of hydrogen-bond acceptors (Lipinski definition) is 1. The van der Waals surface area contributed by atoms with E-state index >= 15 is 0 Å². The van der Waals surface area contributed by atoms with E-state index in [1.54, 1.807) is 0 Å². The molecule has 0 aliphatic heterocycles. The van der Waals surface area contributed by atoms with E-state index in [0.717, 1.165) is 28.3 Å². The molecule has 0 saturated heterocycles. The molecule has 62 heavy (non-hydrogen) atoms. The minimum atomic E-state index is 1.08. The number of benzene rings is 11. The van der Waals surface area contributed by atoms with Crippen LogP contribution in [0.2, 0.25) is 0 Å². The van der Waals surface area contributed by atoms with Crippen molar-refractivity contribution >= 4 is 71.2 Å². The second kappa shape index (κ2) is 14.8. The maximum absolute atomic E-state index is 2.50. The van der Waals surface area contributed by atoms with Crippen LogP contribution in [0.3, 0.4) is 0 Å². The summed E-state index contributed by atoms with van der Waals surface area (Å²) in [6.07, 6.45) is 0. The molecule has 1 heterocycles. The zero-order chi connectivity index (χ0) is 41.0. The summed E-state index contributed by atoms with van der Waals surface area (Å²) in [4.78, 5) is 2.45. The van der Waals surface area contributed by atoms with E-state index in [1.807, 2.05) is 0 Å². The number of fused-ring (bicyclic) bond motifs is 7. The highest BCUT2D eigenvalue weighted by atomic mass is 15.1. The molecule has 0 bridgehead atoms. The summed E-state index contributed by atoms with van der Waals surface area (Å²) < 4.78 is 2.50. The summed E-state index contributed by atoms with van der Waals surface area (Å²) in [6, 6.07) is 88.7. The van der Waals surface area contributed by atoms with Crippen LogP contribution in [0.4, 0.5) is 17.1 Å². The average molecular weight is 789 g/mol. The van der Waals surface area contributed by atoms with E-state index in [4.69, 9.17) is 0 Å². The monoisotopic (exact) mass is 788 g/mol. The summed E-state index contributed by atoms with van der Waals surface area (Å²) in [5, 5.41) is 9.81. The van der Waals surface area contributed by atoms with Crippen LogP contribution < -0.4 is 4.90 Å². The van der Waals surface area contributed by atoms with Gasteiger partial charge in [0.25, 0.3) is 0 Å². The molecule has 0 unspecified atom stereocenters. The van der Waals surface area contributed by atoms with Crippen molar-refractivity contribution < 1.29 is 0 Å². The summed E-state index contributed by atoms with van der Waals surface area (Å²) >= 11 is 0. The molecule has 0 saturated carbocycles. The zero-order valence-electron chi connectivity index (χ0n) is 34.0. The van der Waals surface area contributed by atoms with Crippen LogP contribution in [0.25, 0.3) is 93.2 Å². The van der Waals surface area contributed by atoms with E-state index in [1.165, 1.54) is 82.0 Å². The van der Waals surface area contributed by atoms with Gasteiger partial charge in [-0.2, -0.15) is 0 Å². The van der Waals surface area contributed by atoms with E-state index in [9.17, 15) is 0 Å². The van der Waals surface area contributed by atoms with Crippen LogP contribution in [0.15, 0.2) is 243 Å². The lowest BCUT2D eigenvalue weighted by molar-refractivity contribution is 1.18. The molecule has 0 aliphatic rings. The maximum Gasteiger partial charge on any atom is 0.0562 e. The lowest BCUT2D eigenvalue weighted by Crippen LogP contribution is -2.11. The van der Waals surface area contributed by atoms with Gasteiger partial charge < -0.3 is 9.47 Å². The van der Waals surface area contributed by atoms with Crippen molar-refractivity contribution in [2.24, 2.45) is 0 Å². The molecule has 0 radical (unpaired) electrons. The van der Waals surface area contributed by atoms with E-state index < -0.39 is 0 Å². The third-order valence-corrected chi connectivity index (χ3v) is 12.6. The maximum atomic E-state index is 2.50. The van der Waals surface area contributed by atoms with Crippen LogP contribution >= 0.6 is 0 Å². The van der Waals surface area contributed by atoms with E-state index in [-0.39, 0.29) is 0 Å². The Kier molecular flexibility index (Phi) is 8.53. The number of para-hydroxylation sites is 1. The van der Waals surface area contributed by atoms with Crippen molar-refractivity contribution in [2.45, 2.75) is 0 Å². The molecule has 12 aromatic rings. The summed E-state index contributed by atoms with van der Waals surface area (Å²) in [5.41, 5.74) is 13.9. The third kappa shape index (κ3) is 5.96. The second-order valence-electron chi connectivity index (χ2n) is 16.1. The third-order valence-electron chi connectivity index (χ3n) is 12.6. The highest BCUT2D eigenvalue weighted by Crippen LogP contribution is 2.45. The van der Waals surface area contributed by atoms with Crippen LogP contribution in [-0.2, 0) is 0 Å². The molecule has 12 rings (SSSR count). The highest BCUT2D eigenvalue weighted by molar-refractivity contribution is 6.16.